The number of benzene rings is 3. The SMILES string of the molecule is CC[C@H](NC(=O)OCC1c2ccccc2-c2ccccc21)C(=O)Nc1ccc(Cl)c(C(=O)O)c1. The van der Waals surface area contributed by atoms with E-state index in [2.05, 4.69) is 22.8 Å². The molecule has 3 N–H and O–H groups in total. The molecule has 0 bridgehead atoms. The van der Waals surface area contributed by atoms with Crippen LogP contribution in [0.2, 0.25) is 5.02 Å². The van der Waals surface area contributed by atoms with Crippen LogP contribution in [0.4, 0.5) is 10.5 Å². The minimum absolute atomic E-state index is 0.0642. The smallest absolute Gasteiger partial charge is 0.407 e. The number of rotatable bonds is 7. The summed E-state index contributed by atoms with van der Waals surface area (Å²) >= 11 is 5.87. The average molecular weight is 479 g/mol. The normalized spacial score (nSPS) is 12.9. The maximum atomic E-state index is 12.7. The van der Waals surface area contributed by atoms with Crippen LogP contribution in [-0.2, 0) is 9.53 Å². The summed E-state index contributed by atoms with van der Waals surface area (Å²) in [6.07, 6.45) is -0.388. The first-order valence-electron chi connectivity index (χ1n) is 10.8. The molecule has 7 nitrogen and oxygen atoms in total. The van der Waals surface area contributed by atoms with Crippen LogP contribution >= 0.6 is 11.6 Å². The number of nitrogens with one attached hydrogen (secondary N) is 2. The first-order chi connectivity index (χ1) is 16.4. The van der Waals surface area contributed by atoms with Crippen molar-refractivity contribution < 1.29 is 24.2 Å². The highest BCUT2D eigenvalue weighted by atomic mass is 35.5. The Balaban J connectivity index is 1.39. The number of amides is 2. The van der Waals surface area contributed by atoms with Crippen LogP contribution in [0, 0.1) is 0 Å². The lowest BCUT2D eigenvalue weighted by molar-refractivity contribution is -0.118. The number of fused-ring (bicyclic) bond motifs is 3. The number of ether oxygens (including phenoxy) is 1. The molecular weight excluding hydrogens is 456 g/mol. The van der Waals surface area contributed by atoms with Crippen LogP contribution < -0.4 is 10.6 Å². The van der Waals surface area contributed by atoms with Gasteiger partial charge in [0.15, 0.2) is 0 Å². The van der Waals surface area contributed by atoms with Crippen LogP contribution in [0.1, 0.15) is 40.7 Å². The number of hydrogen-bond donors (Lipinski definition) is 3. The van der Waals surface area contributed by atoms with Crippen molar-refractivity contribution in [1.29, 1.82) is 0 Å². The standard InChI is InChI=1S/C26H23ClN2O5/c1-2-23(24(30)28-15-11-12-22(27)20(13-15)25(31)32)29-26(33)34-14-21-18-9-5-3-7-16(18)17-8-4-6-10-19(17)21/h3-13,21,23H,2,14H2,1H3,(H,28,30)(H,29,33)(H,31,32)/t23-/m0/s1. The summed E-state index contributed by atoms with van der Waals surface area (Å²) in [5, 5.41) is 14.5. The highest BCUT2D eigenvalue weighted by molar-refractivity contribution is 6.33. The molecule has 0 heterocycles. The van der Waals surface area contributed by atoms with Crippen LogP contribution in [0.15, 0.2) is 66.7 Å². The molecule has 4 rings (SSSR count). The Kier molecular flexibility index (Phi) is 6.84. The molecule has 0 aromatic heterocycles. The van der Waals surface area contributed by atoms with Crippen LogP contribution in [0.3, 0.4) is 0 Å². The van der Waals surface area contributed by atoms with Gasteiger partial charge in [-0.05, 0) is 46.9 Å². The van der Waals surface area contributed by atoms with E-state index in [4.69, 9.17) is 16.3 Å². The fourth-order valence-corrected chi connectivity index (χ4v) is 4.33. The van der Waals surface area contributed by atoms with Crippen LogP contribution in [-0.4, -0.2) is 35.7 Å². The topological polar surface area (TPSA) is 105 Å². The Morgan fingerprint density at radius 2 is 1.62 bits per heavy atom. The van der Waals surface area contributed by atoms with Gasteiger partial charge in [0.2, 0.25) is 5.91 Å². The van der Waals surface area contributed by atoms with Gasteiger partial charge in [0, 0.05) is 11.6 Å². The lowest BCUT2D eigenvalue weighted by Crippen LogP contribution is -2.43. The molecule has 1 aliphatic rings. The molecule has 3 aromatic rings. The van der Waals surface area contributed by atoms with Gasteiger partial charge in [-0.2, -0.15) is 0 Å². The van der Waals surface area contributed by atoms with Crippen molar-refractivity contribution in [1.82, 2.24) is 5.32 Å². The monoisotopic (exact) mass is 478 g/mol. The minimum Gasteiger partial charge on any atom is -0.478 e. The highest BCUT2D eigenvalue weighted by Crippen LogP contribution is 2.44. The molecule has 0 saturated heterocycles. The lowest BCUT2D eigenvalue weighted by atomic mass is 9.98. The van der Waals surface area contributed by atoms with Gasteiger partial charge >= 0.3 is 12.1 Å². The molecule has 8 heteroatoms. The molecule has 0 radical (unpaired) electrons. The Morgan fingerprint density at radius 1 is 1.00 bits per heavy atom. The number of halogens is 1. The van der Waals surface area contributed by atoms with E-state index in [-0.39, 0.29) is 28.8 Å². The molecule has 0 saturated carbocycles. The maximum Gasteiger partial charge on any atom is 0.407 e. The van der Waals surface area contributed by atoms with Crippen molar-refractivity contribution in [3.63, 3.8) is 0 Å². The summed E-state index contributed by atoms with van der Waals surface area (Å²) in [5.41, 5.74) is 4.58. The third kappa shape index (κ3) is 4.75. The first-order valence-corrected chi connectivity index (χ1v) is 11.2. The zero-order valence-electron chi connectivity index (χ0n) is 18.4. The van der Waals surface area contributed by atoms with E-state index in [0.717, 1.165) is 22.3 Å². The molecule has 0 fully saturated rings. The van der Waals surface area contributed by atoms with Crippen molar-refractivity contribution in [2.75, 3.05) is 11.9 Å². The lowest BCUT2D eigenvalue weighted by Gasteiger charge is -2.19. The molecule has 174 valence electrons. The summed E-state index contributed by atoms with van der Waals surface area (Å²) in [6, 6.07) is 19.3. The number of carboxylic acids is 1. The number of hydrogen-bond acceptors (Lipinski definition) is 4. The number of anilines is 1. The Labute approximate surface area is 201 Å². The van der Waals surface area contributed by atoms with E-state index in [1.807, 2.05) is 36.4 Å². The van der Waals surface area contributed by atoms with Gasteiger partial charge in [0.1, 0.15) is 12.6 Å². The van der Waals surface area contributed by atoms with Gasteiger partial charge in [0.25, 0.3) is 0 Å². The summed E-state index contributed by atoms with van der Waals surface area (Å²) in [4.78, 5) is 36.5. The second-order valence-corrected chi connectivity index (χ2v) is 8.33. The van der Waals surface area contributed by atoms with Crippen molar-refractivity contribution in [3.8, 4) is 11.1 Å². The minimum atomic E-state index is -1.20. The summed E-state index contributed by atoms with van der Waals surface area (Å²) in [5.74, 6) is -1.78. The van der Waals surface area contributed by atoms with E-state index in [1.54, 1.807) is 6.92 Å². The number of aromatic carboxylic acids is 1. The first kappa shape index (κ1) is 23.3. The van der Waals surface area contributed by atoms with Crippen molar-refractivity contribution in [2.24, 2.45) is 0 Å². The predicted molar refractivity (Wildman–Crippen MR) is 129 cm³/mol. The van der Waals surface area contributed by atoms with Gasteiger partial charge in [-0.1, -0.05) is 67.1 Å². The highest BCUT2D eigenvalue weighted by Gasteiger charge is 2.29. The van der Waals surface area contributed by atoms with Gasteiger partial charge < -0.3 is 20.5 Å². The van der Waals surface area contributed by atoms with Gasteiger partial charge in [-0.25, -0.2) is 9.59 Å². The van der Waals surface area contributed by atoms with Gasteiger partial charge in [-0.15, -0.1) is 0 Å². The van der Waals surface area contributed by atoms with E-state index < -0.39 is 24.0 Å². The number of carboxylic acid groups (broad SMARTS) is 1. The molecule has 0 spiro atoms. The number of carbonyl (C=O) groups is 3. The van der Waals surface area contributed by atoms with Crippen molar-refractivity contribution >= 4 is 35.3 Å². The van der Waals surface area contributed by atoms with Crippen LogP contribution in [0.5, 0.6) is 0 Å². The van der Waals surface area contributed by atoms with Crippen molar-refractivity contribution in [2.45, 2.75) is 25.3 Å². The van der Waals surface area contributed by atoms with Gasteiger partial charge in [-0.3, -0.25) is 4.79 Å². The summed E-state index contributed by atoms with van der Waals surface area (Å²) in [7, 11) is 0. The van der Waals surface area contributed by atoms with Gasteiger partial charge in [0.05, 0.1) is 10.6 Å². The molecule has 3 aromatic carbocycles. The molecule has 1 atom stereocenters. The fourth-order valence-electron chi connectivity index (χ4n) is 4.13. The molecular formula is C26H23ClN2O5. The molecule has 34 heavy (non-hydrogen) atoms. The Bertz CT molecular complexity index is 1210. The quantitative estimate of drug-likeness (QED) is 0.427. The zero-order valence-corrected chi connectivity index (χ0v) is 19.1. The second-order valence-electron chi connectivity index (χ2n) is 7.92. The Hall–Kier alpha value is -3.84. The largest absolute Gasteiger partial charge is 0.478 e. The molecule has 1 aliphatic carbocycles. The van der Waals surface area contributed by atoms with E-state index in [0.29, 0.717) is 6.42 Å². The number of alkyl carbamates (subject to hydrolysis) is 1. The fraction of sp³-hybridized carbons (Fsp3) is 0.192. The van der Waals surface area contributed by atoms with E-state index in [9.17, 15) is 19.5 Å². The third-order valence-electron chi connectivity index (χ3n) is 5.82. The maximum absolute atomic E-state index is 12.7. The predicted octanol–water partition coefficient (Wildman–Crippen LogP) is 5.29. The summed E-state index contributed by atoms with van der Waals surface area (Å²) in [6.45, 7) is 1.88. The number of carbonyl (C=O) groups excluding carboxylic acids is 2. The van der Waals surface area contributed by atoms with Crippen molar-refractivity contribution in [3.05, 3.63) is 88.4 Å². The van der Waals surface area contributed by atoms with E-state index >= 15 is 0 Å². The molecule has 2 amide bonds. The third-order valence-corrected chi connectivity index (χ3v) is 6.15. The average Bonchev–Trinajstić information content (AvgIpc) is 3.16. The summed E-state index contributed by atoms with van der Waals surface area (Å²) < 4.78 is 5.51. The van der Waals surface area contributed by atoms with E-state index in [1.165, 1.54) is 18.2 Å². The van der Waals surface area contributed by atoms with Crippen LogP contribution in [0.25, 0.3) is 11.1 Å². The zero-order chi connectivity index (χ0) is 24.2. The second kappa shape index (κ2) is 9.97. The Morgan fingerprint density at radius 3 is 2.21 bits per heavy atom. The molecule has 0 unspecified atom stereocenters. The molecule has 0 aliphatic heterocycles.